The zero-order valence-corrected chi connectivity index (χ0v) is 30.0. The van der Waals surface area contributed by atoms with Crippen LogP contribution in [0.4, 0.5) is 4.79 Å². The van der Waals surface area contributed by atoms with Crippen molar-refractivity contribution in [1.82, 2.24) is 31.1 Å². The molecule has 0 radical (unpaired) electrons. The minimum absolute atomic E-state index is 0.0950. The van der Waals surface area contributed by atoms with Crippen LogP contribution in [-0.2, 0) is 24.0 Å². The Bertz CT molecular complexity index is 1270. The summed E-state index contributed by atoms with van der Waals surface area (Å²) >= 11 is 0. The molecule has 2 aliphatic carbocycles. The first-order valence-corrected chi connectivity index (χ1v) is 17.8. The number of urea groups is 1. The van der Waals surface area contributed by atoms with E-state index >= 15 is 0 Å². The average Bonchev–Trinajstić information content (AvgIpc) is 3.85. The van der Waals surface area contributed by atoms with Crippen molar-refractivity contribution >= 4 is 35.4 Å². The zero-order valence-electron chi connectivity index (χ0n) is 30.0. The predicted molar refractivity (Wildman–Crippen MR) is 182 cm³/mol. The molecule has 0 aromatic carbocycles. The second-order valence-corrected chi connectivity index (χ2v) is 16.5. The van der Waals surface area contributed by atoms with E-state index < -0.39 is 47.2 Å². The number of likely N-dealkylation sites (tertiary alicyclic amines) is 2. The molecule has 268 valence electrons. The van der Waals surface area contributed by atoms with E-state index in [9.17, 15) is 28.8 Å². The first-order chi connectivity index (χ1) is 22.4. The maximum Gasteiger partial charge on any atom is 0.315 e. The second kappa shape index (κ2) is 15.0. The van der Waals surface area contributed by atoms with Gasteiger partial charge in [0.15, 0.2) is 0 Å². The van der Waals surface area contributed by atoms with Crippen LogP contribution in [0.1, 0.15) is 93.4 Å². The van der Waals surface area contributed by atoms with E-state index in [2.05, 4.69) is 55.5 Å². The standard InChI is InChI=1S/C36H58N6O6/c1-9-15-37-32(46)29(44)25(18-22-13-14-22)39-31(45)28-27-24(36(27,7)8)20-42(28)33(47)30(35(4,5)6)40-34(48)38-23(17-21(2)3)19-41-16-11-10-12-26(41)43/h9,21-25,27-28,30H,1,10-20H2,2-8H3,(H,37,46)(H,39,45)(H2,38,40,48)/t23-,24-,25?,27-,28-,30+/m0/s1. The van der Waals surface area contributed by atoms with Crippen molar-refractivity contribution in [2.75, 3.05) is 26.2 Å². The number of amides is 6. The lowest BCUT2D eigenvalue weighted by Crippen LogP contribution is -2.62. The number of hydrogen-bond donors (Lipinski definition) is 4. The lowest BCUT2D eigenvalue weighted by molar-refractivity contribution is -0.145. The van der Waals surface area contributed by atoms with Gasteiger partial charge in [0.2, 0.25) is 23.5 Å². The molecule has 48 heavy (non-hydrogen) atoms. The number of carbonyl (C=O) groups is 6. The van der Waals surface area contributed by atoms with Crippen molar-refractivity contribution in [3.8, 4) is 0 Å². The number of fused-ring (bicyclic) bond motifs is 1. The molecule has 4 rings (SSSR count). The highest BCUT2D eigenvalue weighted by molar-refractivity contribution is 6.38. The van der Waals surface area contributed by atoms with Crippen LogP contribution in [0.25, 0.3) is 0 Å². The third-order valence-corrected chi connectivity index (χ3v) is 10.6. The third-order valence-electron chi connectivity index (χ3n) is 10.6. The maximum atomic E-state index is 14.4. The fourth-order valence-electron chi connectivity index (χ4n) is 7.64. The molecule has 2 aliphatic heterocycles. The molecule has 4 N–H and O–H groups in total. The highest BCUT2D eigenvalue weighted by Crippen LogP contribution is 2.65. The Morgan fingerprint density at radius 2 is 1.73 bits per heavy atom. The molecule has 0 bridgehead atoms. The fourth-order valence-corrected chi connectivity index (χ4v) is 7.64. The predicted octanol–water partition coefficient (Wildman–Crippen LogP) is 2.77. The van der Waals surface area contributed by atoms with Crippen LogP contribution in [-0.4, -0.2) is 95.6 Å². The van der Waals surface area contributed by atoms with Gasteiger partial charge >= 0.3 is 6.03 Å². The highest BCUT2D eigenvalue weighted by atomic mass is 16.2. The van der Waals surface area contributed by atoms with E-state index in [1.807, 2.05) is 25.7 Å². The van der Waals surface area contributed by atoms with Crippen molar-refractivity contribution in [2.24, 2.45) is 34.5 Å². The molecule has 0 spiro atoms. The lowest BCUT2D eigenvalue weighted by Gasteiger charge is -2.38. The summed E-state index contributed by atoms with van der Waals surface area (Å²) in [4.78, 5) is 83.6. The number of ketones is 1. The van der Waals surface area contributed by atoms with Crippen LogP contribution in [0.15, 0.2) is 12.7 Å². The van der Waals surface area contributed by atoms with Crippen LogP contribution in [0, 0.1) is 34.5 Å². The number of Topliss-reactive ketones (excluding diaryl/α,β-unsaturated/α-hetero) is 1. The van der Waals surface area contributed by atoms with Gasteiger partial charge in [-0.15, -0.1) is 6.58 Å². The smallest absolute Gasteiger partial charge is 0.315 e. The number of carbonyl (C=O) groups excluding carboxylic acids is 6. The molecule has 2 saturated carbocycles. The van der Waals surface area contributed by atoms with Crippen molar-refractivity contribution in [2.45, 2.75) is 118 Å². The number of hydrogen-bond acceptors (Lipinski definition) is 6. The van der Waals surface area contributed by atoms with Gasteiger partial charge in [0, 0.05) is 38.6 Å². The van der Waals surface area contributed by atoms with E-state index in [0.717, 1.165) is 25.7 Å². The van der Waals surface area contributed by atoms with Gasteiger partial charge in [-0.05, 0) is 60.2 Å². The molecular formula is C36H58N6O6. The van der Waals surface area contributed by atoms with Gasteiger partial charge in [0.05, 0.1) is 6.04 Å². The Kier molecular flexibility index (Phi) is 11.7. The Labute approximate surface area is 285 Å². The number of nitrogens with zero attached hydrogens (tertiary/aromatic N) is 2. The molecule has 1 unspecified atom stereocenters. The molecule has 0 aromatic rings. The summed E-state index contributed by atoms with van der Waals surface area (Å²) < 4.78 is 0. The molecular weight excluding hydrogens is 612 g/mol. The molecule has 4 aliphatic rings. The first-order valence-electron chi connectivity index (χ1n) is 17.8. The van der Waals surface area contributed by atoms with E-state index in [1.54, 1.807) is 4.90 Å². The van der Waals surface area contributed by atoms with Gasteiger partial charge in [-0.1, -0.05) is 67.4 Å². The van der Waals surface area contributed by atoms with Gasteiger partial charge in [-0.2, -0.15) is 0 Å². The van der Waals surface area contributed by atoms with Crippen LogP contribution in [0.3, 0.4) is 0 Å². The van der Waals surface area contributed by atoms with Crippen LogP contribution < -0.4 is 21.3 Å². The number of piperidine rings is 2. The molecule has 6 atom stereocenters. The van der Waals surface area contributed by atoms with E-state index in [-0.39, 0.29) is 53.5 Å². The van der Waals surface area contributed by atoms with Gasteiger partial charge in [-0.25, -0.2) is 4.79 Å². The van der Waals surface area contributed by atoms with E-state index in [1.165, 1.54) is 6.08 Å². The molecule has 2 saturated heterocycles. The summed E-state index contributed by atoms with van der Waals surface area (Å²) in [5.74, 6) is -1.66. The van der Waals surface area contributed by atoms with Crippen LogP contribution in [0.5, 0.6) is 0 Å². The molecule has 6 amide bonds. The van der Waals surface area contributed by atoms with E-state index in [0.29, 0.717) is 38.9 Å². The van der Waals surface area contributed by atoms with Gasteiger partial charge in [-0.3, -0.25) is 24.0 Å². The summed E-state index contributed by atoms with van der Waals surface area (Å²) in [5.41, 5.74) is -0.865. The first kappa shape index (κ1) is 37.4. The fraction of sp³-hybridized carbons (Fsp3) is 0.778. The Hall–Kier alpha value is -3.44. The number of nitrogens with one attached hydrogen (secondary N) is 4. The summed E-state index contributed by atoms with van der Waals surface area (Å²) in [7, 11) is 0. The lowest BCUT2D eigenvalue weighted by atomic mass is 9.85. The molecule has 12 heteroatoms. The molecule has 0 aromatic heterocycles. The monoisotopic (exact) mass is 670 g/mol. The van der Waals surface area contributed by atoms with E-state index in [4.69, 9.17) is 0 Å². The summed E-state index contributed by atoms with van der Waals surface area (Å²) in [6.45, 7) is 19.1. The average molecular weight is 671 g/mol. The Morgan fingerprint density at radius 3 is 2.31 bits per heavy atom. The molecule has 2 heterocycles. The van der Waals surface area contributed by atoms with Crippen LogP contribution in [0.2, 0.25) is 0 Å². The molecule has 12 nitrogen and oxygen atoms in total. The zero-order chi connectivity index (χ0) is 35.6. The quantitative estimate of drug-likeness (QED) is 0.155. The summed E-state index contributed by atoms with van der Waals surface area (Å²) in [6.07, 6.45) is 6.74. The summed E-state index contributed by atoms with van der Waals surface area (Å²) in [6, 6.07) is -3.55. The Balaban J connectivity index is 1.50. The number of rotatable bonds is 15. The maximum absolute atomic E-state index is 14.4. The summed E-state index contributed by atoms with van der Waals surface area (Å²) in [5, 5.41) is 11.4. The van der Waals surface area contributed by atoms with Crippen molar-refractivity contribution < 1.29 is 28.8 Å². The van der Waals surface area contributed by atoms with Gasteiger partial charge < -0.3 is 31.1 Å². The SMILES string of the molecule is C=CCNC(=O)C(=O)C(CC1CC1)NC(=O)[C@@H]1[C@@H]2[C@H](CN1C(=O)[C@@H](NC(=O)N[C@@H](CC(C)C)CN1CCCCC1=O)C(C)(C)C)C2(C)C. The van der Waals surface area contributed by atoms with Crippen molar-refractivity contribution in [3.05, 3.63) is 12.7 Å². The van der Waals surface area contributed by atoms with Crippen LogP contribution >= 0.6 is 0 Å². The minimum atomic E-state index is -0.986. The second-order valence-electron chi connectivity index (χ2n) is 16.5. The Morgan fingerprint density at radius 1 is 1.04 bits per heavy atom. The highest BCUT2D eigenvalue weighted by Gasteiger charge is 2.70. The van der Waals surface area contributed by atoms with Crippen molar-refractivity contribution in [3.63, 3.8) is 0 Å². The van der Waals surface area contributed by atoms with Gasteiger partial charge in [0.25, 0.3) is 5.91 Å². The third kappa shape index (κ3) is 8.96. The minimum Gasteiger partial charge on any atom is -0.346 e. The van der Waals surface area contributed by atoms with Crippen molar-refractivity contribution in [1.29, 1.82) is 0 Å². The largest absolute Gasteiger partial charge is 0.346 e. The molecule has 4 fully saturated rings. The normalized spacial score (nSPS) is 25.0. The topological polar surface area (TPSA) is 157 Å². The van der Waals surface area contributed by atoms with Gasteiger partial charge in [0.1, 0.15) is 12.1 Å².